The van der Waals surface area contributed by atoms with Crippen LogP contribution in [0.5, 0.6) is 5.75 Å². The lowest BCUT2D eigenvalue weighted by atomic mass is 10.2. The molecule has 1 amide bonds. The number of rotatable bonds is 5. The van der Waals surface area contributed by atoms with Crippen LogP contribution >= 0.6 is 11.6 Å². The second kappa shape index (κ2) is 8.16. The molecule has 0 heterocycles. The fourth-order valence-electron chi connectivity index (χ4n) is 1.93. The third-order valence-corrected chi connectivity index (χ3v) is 3.32. The first-order valence-corrected chi connectivity index (χ1v) is 7.42. The van der Waals surface area contributed by atoms with Crippen molar-refractivity contribution in [2.75, 3.05) is 19.0 Å². The molecular formula is C17H14ClNO6. The fraction of sp³-hybridized carbons (Fsp3) is 0.118. The minimum absolute atomic E-state index is 0.107. The number of anilines is 1. The van der Waals surface area contributed by atoms with Crippen molar-refractivity contribution in [3.8, 4) is 5.75 Å². The zero-order valence-electron chi connectivity index (χ0n) is 13.1. The van der Waals surface area contributed by atoms with Gasteiger partial charge in [0, 0.05) is 10.7 Å². The number of carbonyl (C=O) groups is 3. The Bertz CT molecular complexity index is 821. The van der Waals surface area contributed by atoms with Crippen LogP contribution < -0.4 is 5.32 Å². The number of phenolic OH excluding ortho intramolecular Hbond substituents is 1. The summed E-state index contributed by atoms with van der Waals surface area (Å²) in [6, 6.07) is 9.99. The molecule has 130 valence electrons. The highest BCUT2D eigenvalue weighted by molar-refractivity contribution is 6.30. The lowest BCUT2D eigenvalue weighted by molar-refractivity contribution is -0.119. The molecule has 2 aromatic carbocycles. The molecule has 0 aromatic heterocycles. The van der Waals surface area contributed by atoms with Crippen LogP contribution in [0, 0.1) is 0 Å². The summed E-state index contributed by atoms with van der Waals surface area (Å²) in [6.45, 7) is -0.566. The number of phenols is 1. The Morgan fingerprint density at radius 2 is 1.88 bits per heavy atom. The van der Waals surface area contributed by atoms with Gasteiger partial charge in [0.1, 0.15) is 11.3 Å². The first-order valence-electron chi connectivity index (χ1n) is 7.04. The van der Waals surface area contributed by atoms with Gasteiger partial charge in [-0.25, -0.2) is 9.59 Å². The van der Waals surface area contributed by atoms with Crippen molar-refractivity contribution in [3.63, 3.8) is 0 Å². The lowest BCUT2D eigenvalue weighted by Crippen LogP contribution is -2.21. The normalized spacial score (nSPS) is 10.0. The number of ether oxygens (including phenoxy) is 2. The molecule has 0 aliphatic carbocycles. The summed E-state index contributed by atoms with van der Waals surface area (Å²) >= 11 is 5.68. The van der Waals surface area contributed by atoms with Gasteiger partial charge in [-0.1, -0.05) is 17.7 Å². The second-order valence-electron chi connectivity index (χ2n) is 4.86. The molecule has 0 unspecified atom stereocenters. The van der Waals surface area contributed by atoms with Crippen LogP contribution in [0.25, 0.3) is 0 Å². The van der Waals surface area contributed by atoms with E-state index >= 15 is 0 Å². The van der Waals surface area contributed by atoms with Crippen molar-refractivity contribution < 1.29 is 29.0 Å². The minimum atomic E-state index is -0.868. The highest BCUT2D eigenvalue weighted by atomic mass is 35.5. The van der Waals surface area contributed by atoms with Gasteiger partial charge in [-0.05, 0) is 36.4 Å². The van der Waals surface area contributed by atoms with Gasteiger partial charge >= 0.3 is 11.9 Å². The maximum Gasteiger partial charge on any atom is 0.342 e. The van der Waals surface area contributed by atoms with Crippen LogP contribution in [0.2, 0.25) is 5.02 Å². The topological polar surface area (TPSA) is 102 Å². The molecule has 0 saturated heterocycles. The Morgan fingerprint density at radius 3 is 2.56 bits per heavy atom. The van der Waals surface area contributed by atoms with Gasteiger partial charge in [-0.15, -0.1) is 0 Å². The van der Waals surface area contributed by atoms with Crippen molar-refractivity contribution in [1.82, 2.24) is 0 Å². The van der Waals surface area contributed by atoms with E-state index in [1.807, 2.05) is 0 Å². The summed E-state index contributed by atoms with van der Waals surface area (Å²) in [7, 11) is 1.25. The lowest BCUT2D eigenvalue weighted by Gasteiger charge is -2.08. The fourth-order valence-corrected chi connectivity index (χ4v) is 2.09. The first-order chi connectivity index (χ1) is 11.9. The number of benzene rings is 2. The Labute approximate surface area is 148 Å². The number of carbonyl (C=O) groups excluding carboxylic acids is 3. The van der Waals surface area contributed by atoms with Gasteiger partial charge in [-0.2, -0.15) is 0 Å². The van der Waals surface area contributed by atoms with E-state index in [0.29, 0.717) is 5.69 Å². The van der Waals surface area contributed by atoms with Gasteiger partial charge in [-0.3, -0.25) is 4.79 Å². The molecule has 0 atom stereocenters. The molecule has 8 heteroatoms. The Balaban J connectivity index is 1.94. The Kier molecular flexibility index (Phi) is 5.97. The second-order valence-corrected chi connectivity index (χ2v) is 5.29. The zero-order valence-corrected chi connectivity index (χ0v) is 13.9. The van der Waals surface area contributed by atoms with E-state index in [9.17, 15) is 19.5 Å². The number of nitrogens with one attached hydrogen (secondary N) is 1. The molecule has 0 fully saturated rings. The van der Waals surface area contributed by atoms with Crippen molar-refractivity contribution in [2.24, 2.45) is 0 Å². The van der Waals surface area contributed by atoms with Crippen LogP contribution in [-0.4, -0.2) is 36.7 Å². The number of hydrogen-bond donors (Lipinski definition) is 2. The molecule has 0 aliphatic heterocycles. The van der Waals surface area contributed by atoms with E-state index < -0.39 is 24.5 Å². The van der Waals surface area contributed by atoms with E-state index in [1.54, 1.807) is 12.1 Å². The number of methoxy groups -OCH3 is 1. The summed E-state index contributed by atoms with van der Waals surface area (Å²) in [4.78, 5) is 35.1. The van der Waals surface area contributed by atoms with Crippen molar-refractivity contribution >= 4 is 35.1 Å². The zero-order chi connectivity index (χ0) is 18.4. The van der Waals surface area contributed by atoms with Gasteiger partial charge in [0.2, 0.25) is 0 Å². The molecular weight excluding hydrogens is 350 g/mol. The first kappa shape index (κ1) is 18.3. The SMILES string of the molecule is COC(=O)c1cccc(NC(=O)COC(=O)c2ccc(Cl)cc2O)c1. The molecule has 0 saturated carbocycles. The Hall–Kier alpha value is -3.06. The number of amides is 1. The average Bonchev–Trinajstić information content (AvgIpc) is 2.59. The van der Waals surface area contributed by atoms with Crippen molar-refractivity contribution in [1.29, 1.82) is 0 Å². The Morgan fingerprint density at radius 1 is 1.12 bits per heavy atom. The van der Waals surface area contributed by atoms with E-state index in [2.05, 4.69) is 10.1 Å². The molecule has 0 spiro atoms. The number of hydrogen-bond acceptors (Lipinski definition) is 6. The van der Waals surface area contributed by atoms with E-state index in [1.165, 1.54) is 37.4 Å². The largest absolute Gasteiger partial charge is 0.507 e. The van der Waals surface area contributed by atoms with E-state index in [-0.39, 0.29) is 21.9 Å². The van der Waals surface area contributed by atoms with Gasteiger partial charge in [0.25, 0.3) is 5.91 Å². The third kappa shape index (κ3) is 4.95. The highest BCUT2D eigenvalue weighted by Gasteiger charge is 2.15. The molecule has 2 N–H and O–H groups in total. The molecule has 7 nitrogen and oxygen atoms in total. The number of esters is 2. The van der Waals surface area contributed by atoms with Crippen LogP contribution in [0.15, 0.2) is 42.5 Å². The quantitative estimate of drug-likeness (QED) is 0.792. The third-order valence-electron chi connectivity index (χ3n) is 3.08. The van der Waals surface area contributed by atoms with E-state index in [4.69, 9.17) is 16.3 Å². The average molecular weight is 364 g/mol. The number of aromatic hydroxyl groups is 1. The molecule has 0 aliphatic rings. The van der Waals surface area contributed by atoms with Crippen LogP contribution in [-0.2, 0) is 14.3 Å². The predicted octanol–water partition coefficient (Wildman–Crippen LogP) is 2.63. The summed E-state index contributed by atoms with van der Waals surface area (Å²) in [6.07, 6.45) is 0. The molecule has 2 aromatic rings. The minimum Gasteiger partial charge on any atom is -0.507 e. The van der Waals surface area contributed by atoms with Crippen molar-refractivity contribution in [3.05, 3.63) is 58.6 Å². The summed E-state index contributed by atoms with van der Waals surface area (Å²) < 4.78 is 9.43. The maximum atomic E-state index is 11.8. The van der Waals surface area contributed by atoms with Gasteiger partial charge in [0.05, 0.1) is 12.7 Å². The van der Waals surface area contributed by atoms with Crippen LogP contribution in [0.1, 0.15) is 20.7 Å². The standard InChI is InChI=1S/C17H14ClNO6/c1-24-16(22)10-3-2-4-12(7-10)19-15(21)9-25-17(23)13-6-5-11(18)8-14(13)20/h2-8,20H,9H2,1H3,(H,19,21). The predicted molar refractivity (Wildman–Crippen MR) is 89.8 cm³/mol. The van der Waals surface area contributed by atoms with Crippen molar-refractivity contribution in [2.45, 2.75) is 0 Å². The van der Waals surface area contributed by atoms with Gasteiger partial charge in [0.15, 0.2) is 6.61 Å². The van der Waals surface area contributed by atoms with Crippen LogP contribution in [0.3, 0.4) is 0 Å². The molecule has 0 radical (unpaired) electrons. The van der Waals surface area contributed by atoms with Crippen LogP contribution in [0.4, 0.5) is 5.69 Å². The number of halogens is 1. The van der Waals surface area contributed by atoms with Gasteiger partial charge < -0.3 is 19.9 Å². The molecule has 25 heavy (non-hydrogen) atoms. The summed E-state index contributed by atoms with van der Waals surface area (Å²) in [5.41, 5.74) is 0.506. The summed E-state index contributed by atoms with van der Waals surface area (Å²) in [5.74, 6) is -2.36. The monoisotopic (exact) mass is 363 g/mol. The highest BCUT2D eigenvalue weighted by Crippen LogP contribution is 2.22. The van der Waals surface area contributed by atoms with E-state index in [0.717, 1.165) is 0 Å². The maximum absolute atomic E-state index is 11.8. The molecule has 2 rings (SSSR count). The molecule has 0 bridgehead atoms. The smallest absolute Gasteiger partial charge is 0.342 e. The summed E-state index contributed by atoms with van der Waals surface area (Å²) in [5, 5.41) is 12.4.